The Bertz CT molecular complexity index is 934. The second-order valence-electron chi connectivity index (χ2n) is 8.11. The zero-order chi connectivity index (χ0) is 20.7. The Morgan fingerprint density at radius 2 is 2.07 bits per heavy atom. The number of esters is 1. The number of nitrogens with zero attached hydrogens (tertiary/aromatic N) is 2. The maximum absolute atomic E-state index is 12.6. The molecule has 1 unspecified atom stereocenters. The maximum Gasteiger partial charge on any atom is 0.354 e. The molecule has 156 valence electrons. The van der Waals surface area contributed by atoms with E-state index in [4.69, 9.17) is 4.74 Å². The maximum atomic E-state index is 12.6. The molecule has 1 saturated heterocycles. The smallest absolute Gasteiger partial charge is 0.354 e. The van der Waals surface area contributed by atoms with Gasteiger partial charge in [-0.25, -0.2) is 9.59 Å². The number of carbonyl (C=O) groups excluding carboxylic acids is 2. The van der Waals surface area contributed by atoms with Crippen LogP contribution in [-0.4, -0.2) is 72.7 Å². The summed E-state index contributed by atoms with van der Waals surface area (Å²) in [5, 5.41) is 4.39. The van der Waals surface area contributed by atoms with Gasteiger partial charge in [-0.1, -0.05) is 12.1 Å². The number of H-pyrrole nitrogens is 1. The third-order valence-corrected chi connectivity index (χ3v) is 6.62. The number of urea groups is 1. The number of fused-ring (bicyclic) bond motifs is 2. The normalized spacial score (nSPS) is 23.5. The van der Waals surface area contributed by atoms with Crippen molar-refractivity contribution in [1.29, 1.82) is 0 Å². The summed E-state index contributed by atoms with van der Waals surface area (Å²) in [5.41, 5.74) is 3.86. The number of ether oxygens (including phenoxy) is 1. The van der Waals surface area contributed by atoms with E-state index in [-0.39, 0.29) is 18.0 Å². The molecule has 1 aliphatic carbocycles. The number of nitrogens with one attached hydrogen (secondary N) is 2. The molecule has 0 radical (unpaired) electrons. The Labute approximate surface area is 171 Å². The van der Waals surface area contributed by atoms with E-state index >= 15 is 0 Å². The Morgan fingerprint density at radius 3 is 2.76 bits per heavy atom. The van der Waals surface area contributed by atoms with E-state index in [2.05, 4.69) is 28.3 Å². The van der Waals surface area contributed by atoms with Crippen molar-refractivity contribution in [2.24, 2.45) is 0 Å². The molecule has 4 rings (SSSR count). The summed E-state index contributed by atoms with van der Waals surface area (Å²) in [6, 6.07) is 6.64. The fourth-order valence-corrected chi connectivity index (χ4v) is 5.19. The lowest BCUT2D eigenvalue weighted by molar-refractivity contribution is 0.0592. The van der Waals surface area contributed by atoms with Gasteiger partial charge in [-0.2, -0.15) is 0 Å². The summed E-state index contributed by atoms with van der Waals surface area (Å²) >= 11 is 0. The molecule has 1 aromatic heterocycles. The number of amides is 2. The number of benzene rings is 1. The van der Waals surface area contributed by atoms with Gasteiger partial charge in [0.05, 0.1) is 7.11 Å². The topological polar surface area (TPSA) is 77.7 Å². The highest BCUT2D eigenvalue weighted by molar-refractivity contribution is 6.00. The van der Waals surface area contributed by atoms with Crippen LogP contribution < -0.4 is 5.32 Å². The van der Waals surface area contributed by atoms with Crippen molar-refractivity contribution in [2.75, 3.05) is 33.8 Å². The van der Waals surface area contributed by atoms with Gasteiger partial charge < -0.3 is 24.8 Å². The highest BCUT2D eigenvalue weighted by Crippen LogP contribution is 2.44. The third kappa shape index (κ3) is 3.27. The van der Waals surface area contributed by atoms with Crippen molar-refractivity contribution in [1.82, 2.24) is 20.1 Å². The fourth-order valence-electron chi connectivity index (χ4n) is 5.19. The van der Waals surface area contributed by atoms with E-state index in [0.29, 0.717) is 30.7 Å². The lowest BCUT2D eigenvalue weighted by atomic mass is 9.73. The van der Waals surface area contributed by atoms with E-state index in [1.165, 1.54) is 12.7 Å². The van der Waals surface area contributed by atoms with Gasteiger partial charge in [0.15, 0.2) is 0 Å². The van der Waals surface area contributed by atoms with E-state index in [1.807, 2.05) is 30.9 Å². The van der Waals surface area contributed by atoms with Crippen molar-refractivity contribution in [3.63, 3.8) is 0 Å². The number of likely N-dealkylation sites (tertiary alicyclic amines) is 1. The Balaban J connectivity index is 1.67. The number of hydrogen-bond acceptors (Lipinski definition) is 4. The van der Waals surface area contributed by atoms with Crippen LogP contribution in [0.5, 0.6) is 0 Å². The van der Waals surface area contributed by atoms with Crippen LogP contribution in [0.4, 0.5) is 4.79 Å². The number of likely N-dealkylation sites (N-methyl/N-ethyl adjacent to an activating group) is 1. The fraction of sp³-hybridized carbons (Fsp3) is 0.545. The molecule has 1 fully saturated rings. The molecule has 2 aromatic rings. The molecule has 0 spiro atoms. The highest BCUT2D eigenvalue weighted by Gasteiger charge is 2.41. The summed E-state index contributed by atoms with van der Waals surface area (Å²) in [5.74, 6) is -0.00308. The average molecular weight is 399 g/mol. The summed E-state index contributed by atoms with van der Waals surface area (Å²) < 4.78 is 5.00. The average Bonchev–Trinajstić information content (AvgIpc) is 3.09. The van der Waals surface area contributed by atoms with Crippen molar-refractivity contribution < 1.29 is 14.3 Å². The predicted octanol–water partition coefficient (Wildman–Crippen LogP) is 2.72. The van der Waals surface area contributed by atoms with Crippen molar-refractivity contribution in [3.05, 3.63) is 35.0 Å². The van der Waals surface area contributed by atoms with Gasteiger partial charge in [-0.05, 0) is 50.9 Å². The van der Waals surface area contributed by atoms with Crippen LogP contribution in [0.2, 0.25) is 0 Å². The number of methoxy groups -OCH3 is 1. The molecule has 2 heterocycles. The van der Waals surface area contributed by atoms with Crippen LogP contribution in [0.15, 0.2) is 18.2 Å². The molecule has 7 heteroatoms. The van der Waals surface area contributed by atoms with Gasteiger partial charge in [-0.15, -0.1) is 0 Å². The minimum atomic E-state index is -0.316. The Morgan fingerprint density at radius 1 is 1.31 bits per heavy atom. The zero-order valence-corrected chi connectivity index (χ0v) is 17.6. The quantitative estimate of drug-likeness (QED) is 0.777. The largest absolute Gasteiger partial charge is 0.464 e. The summed E-state index contributed by atoms with van der Waals surface area (Å²) in [6.45, 7) is 6.22. The van der Waals surface area contributed by atoms with Gasteiger partial charge in [0, 0.05) is 48.5 Å². The molecule has 1 aromatic carbocycles. The van der Waals surface area contributed by atoms with Gasteiger partial charge in [-0.3, -0.25) is 0 Å². The number of aromatic amines is 1. The van der Waals surface area contributed by atoms with Gasteiger partial charge >= 0.3 is 12.0 Å². The highest BCUT2D eigenvalue weighted by atomic mass is 16.5. The molecule has 2 amide bonds. The molecule has 7 nitrogen and oxygen atoms in total. The van der Waals surface area contributed by atoms with Gasteiger partial charge in [0.25, 0.3) is 0 Å². The zero-order valence-electron chi connectivity index (χ0n) is 17.6. The number of hydrogen-bond donors (Lipinski definition) is 2. The molecule has 2 N–H and O–H groups in total. The summed E-state index contributed by atoms with van der Waals surface area (Å²) in [4.78, 5) is 32.3. The van der Waals surface area contributed by atoms with Crippen LogP contribution in [0.1, 0.15) is 47.8 Å². The first-order valence-electron chi connectivity index (χ1n) is 10.5. The first-order valence-corrected chi connectivity index (χ1v) is 10.5. The van der Waals surface area contributed by atoms with Crippen LogP contribution >= 0.6 is 0 Å². The SMILES string of the molecule is CCN(CC)C(=O)N[C@H]1CC2c3cccc4[nH]c(C(=O)OC)c(c34)C[C@H]2N(C)C1. The number of rotatable bonds is 4. The Kier molecular flexibility index (Phi) is 5.25. The van der Waals surface area contributed by atoms with Crippen molar-refractivity contribution in [3.8, 4) is 0 Å². The lowest BCUT2D eigenvalue weighted by Crippen LogP contribution is -2.56. The molecule has 3 atom stereocenters. The molecule has 0 bridgehead atoms. The third-order valence-electron chi connectivity index (χ3n) is 6.62. The first-order chi connectivity index (χ1) is 14.0. The van der Waals surface area contributed by atoms with E-state index in [1.54, 1.807) is 0 Å². The molecular formula is C22H30N4O3. The summed E-state index contributed by atoms with van der Waals surface area (Å²) in [6.07, 6.45) is 1.71. The molecular weight excluding hydrogens is 368 g/mol. The van der Waals surface area contributed by atoms with Gasteiger partial charge in [0.1, 0.15) is 5.69 Å². The standard InChI is InChI=1S/C22H30N4O3/c1-5-26(6-2)22(28)23-13-10-15-14-8-7-9-17-19(14)16(11-18(15)25(3)12-13)20(24-17)21(27)29-4/h7-9,13,15,18,24H,5-6,10-12H2,1-4H3,(H,23,28)/t13-,15?,18+/m0/s1. The van der Waals surface area contributed by atoms with Crippen LogP contribution in [-0.2, 0) is 11.2 Å². The van der Waals surface area contributed by atoms with Crippen LogP contribution in [0, 0.1) is 0 Å². The number of piperidine rings is 1. The Hall–Kier alpha value is -2.54. The van der Waals surface area contributed by atoms with E-state index < -0.39 is 0 Å². The first kappa shape index (κ1) is 19.8. The van der Waals surface area contributed by atoms with Gasteiger partial charge in [0.2, 0.25) is 0 Å². The molecule has 2 aliphatic rings. The van der Waals surface area contributed by atoms with Crippen molar-refractivity contribution in [2.45, 2.75) is 44.7 Å². The summed E-state index contributed by atoms with van der Waals surface area (Å²) in [7, 11) is 3.53. The molecule has 1 aliphatic heterocycles. The predicted molar refractivity (Wildman–Crippen MR) is 112 cm³/mol. The second kappa shape index (κ2) is 7.71. The monoisotopic (exact) mass is 398 g/mol. The van der Waals surface area contributed by atoms with E-state index in [9.17, 15) is 9.59 Å². The van der Waals surface area contributed by atoms with Crippen LogP contribution in [0.3, 0.4) is 0 Å². The van der Waals surface area contributed by atoms with Crippen LogP contribution in [0.25, 0.3) is 10.9 Å². The van der Waals surface area contributed by atoms with Crippen molar-refractivity contribution >= 4 is 22.9 Å². The molecule has 0 saturated carbocycles. The molecule has 29 heavy (non-hydrogen) atoms. The lowest BCUT2D eigenvalue weighted by Gasteiger charge is -2.46. The minimum absolute atomic E-state index is 0.0104. The number of aromatic nitrogens is 1. The second-order valence-corrected chi connectivity index (χ2v) is 8.11. The number of carbonyl (C=O) groups is 2. The minimum Gasteiger partial charge on any atom is -0.464 e. The van der Waals surface area contributed by atoms with E-state index in [0.717, 1.165) is 35.9 Å².